The van der Waals surface area contributed by atoms with Crippen LogP contribution < -0.4 is 5.32 Å². The van der Waals surface area contributed by atoms with Gasteiger partial charge in [-0.2, -0.15) is 0 Å². The Morgan fingerprint density at radius 2 is 0.784 bits per heavy atom. The van der Waals surface area contributed by atoms with Crippen molar-refractivity contribution in [3.63, 3.8) is 0 Å². The second-order valence-corrected chi connectivity index (χ2v) is 23.2. The molecule has 0 radical (unpaired) electrons. The number of nitrogens with one attached hydrogen (secondary N) is 1. The van der Waals surface area contributed by atoms with Gasteiger partial charge in [0, 0.05) is 6.42 Å². The predicted molar refractivity (Wildman–Crippen MR) is 359 cm³/mol. The smallest absolute Gasteiger partial charge is 0.220 e. The second-order valence-electron chi connectivity index (χ2n) is 23.2. The summed E-state index contributed by atoms with van der Waals surface area (Å²) in [4.78, 5) is 13.3. The molecule has 9 N–H and O–H groups in total. The number of ether oxygens (including phenoxy) is 4. The molecule has 12 unspecified atom stereocenters. The summed E-state index contributed by atoms with van der Waals surface area (Å²) in [5, 5.41) is 87.2. The van der Waals surface area contributed by atoms with Gasteiger partial charge in [-0.05, 0) is 103 Å². The number of aliphatic hydroxyl groups excluding tert-OH is 8. The number of carbonyl (C=O) groups is 1. The fraction of sp³-hybridized carbons (Fsp3) is 0.662. The molecule has 88 heavy (non-hydrogen) atoms. The summed E-state index contributed by atoms with van der Waals surface area (Å²) < 4.78 is 22.8. The Labute approximate surface area is 532 Å². The van der Waals surface area contributed by atoms with E-state index in [-0.39, 0.29) is 18.9 Å². The van der Waals surface area contributed by atoms with Crippen LogP contribution in [0.1, 0.15) is 219 Å². The van der Waals surface area contributed by atoms with E-state index in [0.717, 1.165) is 135 Å². The van der Waals surface area contributed by atoms with Gasteiger partial charge in [0.15, 0.2) is 12.6 Å². The van der Waals surface area contributed by atoms with Crippen LogP contribution in [0.3, 0.4) is 0 Å². The molecule has 2 heterocycles. The number of rotatable bonds is 53. The average molecular weight is 1230 g/mol. The number of unbranched alkanes of at least 4 members (excludes halogenated alkanes) is 18. The minimum atomic E-state index is -1.80. The average Bonchev–Trinajstić information content (AvgIpc) is 2.45. The van der Waals surface area contributed by atoms with Gasteiger partial charge in [-0.15, -0.1) is 0 Å². The largest absolute Gasteiger partial charge is 0.394 e. The van der Waals surface area contributed by atoms with Crippen LogP contribution in [0.5, 0.6) is 0 Å². The highest BCUT2D eigenvalue weighted by Gasteiger charge is 2.51. The van der Waals surface area contributed by atoms with Crippen molar-refractivity contribution in [2.75, 3.05) is 19.8 Å². The molecule has 500 valence electrons. The Kier molecular flexibility index (Phi) is 51.6. The van der Waals surface area contributed by atoms with E-state index in [0.29, 0.717) is 6.42 Å². The molecule has 12 atom stereocenters. The molecule has 14 heteroatoms. The van der Waals surface area contributed by atoms with Crippen LogP contribution in [0.4, 0.5) is 0 Å². The highest BCUT2D eigenvalue weighted by atomic mass is 16.7. The first kappa shape index (κ1) is 80.0. The molecule has 0 aromatic rings. The van der Waals surface area contributed by atoms with Crippen LogP contribution in [0.2, 0.25) is 0 Å². The first-order chi connectivity index (χ1) is 43.1. The Morgan fingerprint density at radius 1 is 0.420 bits per heavy atom. The van der Waals surface area contributed by atoms with Gasteiger partial charge in [0.25, 0.3) is 0 Å². The number of carbonyl (C=O) groups excluding carboxylic acids is 1. The summed E-state index contributed by atoms with van der Waals surface area (Å²) >= 11 is 0. The van der Waals surface area contributed by atoms with Crippen molar-refractivity contribution >= 4 is 5.91 Å². The van der Waals surface area contributed by atoms with Gasteiger partial charge in [0.05, 0.1) is 32.0 Å². The third kappa shape index (κ3) is 40.6. The molecule has 0 aromatic carbocycles. The van der Waals surface area contributed by atoms with Crippen molar-refractivity contribution in [3.8, 4) is 0 Å². The summed E-state index contributed by atoms with van der Waals surface area (Å²) in [6.07, 6.45) is 69.0. The topological polar surface area (TPSA) is 228 Å². The zero-order valence-electron chi connectivity index (χ0n) is 54.2. The van der Waals surface area contributed by atoms with Crippen LogP contribution in [-0.2, 0) is 23.7 Å². The Balaban J connectivity index is 1.63. The Hall–Kier alpha value is -4.13. The van der Waals surface area contributed by atoms with Crippen LogP contribution in [0.25, 0.3) is 0 Å². The molecule has 0 aliphatic carbocycles. The molecule has 14 nitrogen and oxygen atoms in total. The molecule has 0 bridgehead atoms. The van der Waals surface area contributed by atoms with Crippen LogP contribution >= 0.6 is 0 Å². The van der Waals surface area contributed by atoms with Crippen molar-refractivity contribution < 1.29 is 64.6 Å². The molecule has 2 saturated heterocycles. The molecule has 2 aliphatic heterocycles. The summed E-state index contributed by atoms with van der Waals surface area (Å²) in [6.45, 7) is 2.65. The van der Waals surface area contributed by atoms with Crippen molar-refractivity contribution in [1.29, 1.82) is 0 Å². The lowest BCUT2D eigenvalue weighted by atomic mass is 9.97. The third-order valence-electron chi connectivity index (χ3n) is 15.5. The van der Waals surface area contributed by atoms with Gasteiger partial charge in [-0.25, -0.2) is 0 Å². The van der Waals surface area contributed by atoms with Crippen molar-refractivity contribution in [2.24, 2.45) is 0 Å². The summed E-state index contributed by atoms with van der Waals surface area (Å²) in [5.41, 5.74) is 0. The molecule has 0 aromatic heterocycles. The fourth-order valence-corrected chi connectivity index (χ4v) is 10.1. The van der Waals surface area contributed by atoms with E-state index in [1.165, 1.54) is 57.8 Å². The maximum atomic E-state index is 13.3. The maximum Gasteiger partial charge on any atom is 0.220 e. The molecule has 1 amide bonds. The van der Waals surface area contributed by atoms with E-state index in [9.17, 15) is 45.6 Å². The van der Waals surface area contributed by atoms with Crippen LogP contribution in [0, 0.1) is 0 Å². The van der Waals surface area contributed by atoms with Crippen molar-refractivity contribution in [2.45, 2.75) is 293 Å². The van der Waals surface area contributed by atoms with Gasteiger partial charge >= 0.3 is 0 Å². The minimum absolute atomic E-state index is 0.257. The number of amides is 1. The molecule has 0 spiro atoms. The highest BCUT2D eigenvalue weighted by molar-refractivity contribution is 5.76. The predicted octanol–water partition coefficient (Wildman–Crippen LogP) is 13.7. The summed E-state index contributed by atoms with van der Waals surface area (Å²) in [7, 11) is 0. The monoisotopic (exact) mass is 1230 g/mol. The highest BCUT2D eigenvalue weighted by Crippen LogP contribution is 2.30. The van der Waals surface area contributed by atoms with E-state index in [4.69, 9.17) is 18.9 Å². The van der Waals surface area contributed by atoms with Gasteiger partial charge in [0.2, 0.25) is 5.91 Å². The van der Waals surface area contributed by atoms with Gasteiger partial charge in [-0.3, -0.25) is 4.79 Å². The summed E-state index contributed by atoms with van der Waals surface area (Å²) in [6, 6.07) is -0.930. The van der Waals surface area contributed by atoms with E-state index in [1.54, 1.807) is 6.08 Å². The first-order valence-corrected chi connectivity index (χ1v) is 34.1. The molecular weight excluding hydrogens is 1110 g/mol. The third-order valence-corrected chi connectivity index (χ3v) is 15.5. The zero-order chi connectivity index (χ0) is 63.8. The summed E-state index contributed by atoms with van der Waals surface area (Å²) in [5.74, 6) is -0.257. The van der Waals surface area contributed by atoms with E-state index < -0.39 is 86.8 Å². The first-order valence-electron chi connectivity index (χ1n) is 34.1. The second kappa shape index (κ2) is 56.8. The van der Waals surface area contributed by atoms with E-state index in [2.05, 4.69) is 153 Å². The fourth-order valence-electron chi connectivity index (χ4n) is 10.1. The lowest BCUT2D eigenvalue weighted by Gasteiger charge is -2.46. The standard InChI is InChI=1S/C74H121NO13/c1-3-5-7-9-11-13-15-17-18-19-20-21-22-23-24-25-26-27-28-29-30-31-32-33-34-35-36-37-38-39-40-41-42-43-44-46-48-50-52-54-56-58-66(79)75-62(63(78)57-55-53-51-49-47-45-16-14-12-10-8-6-4-2)61-85-73-71(84)69(82)72(65(60-77)87-73)88-74-70(83)68(81)67(80)64(59-76)86-74/h5,7,11,13,17-18,20-21,23-24,26-27,29-30,32-33,35-36,38-39,41-42,55,57,62-65,67-74,76-78,80-84H,3-4,6,8-10,12,14-16,19,22,25,28,31,34,37,40,43-54,56,58-61H2,1-2H3,(H,75,79)/b7-5-,13-11-,18-17-,21-20-,24-23-,27-26-,30-29-,33-32-,36-35-,39-38-,42-41-,57-55+. The number of allylic oxidation sites excluding steroid dienone is 23. The normalized spacial score (nSPS) is 24.1. The lowest BCUT2D eigenvalue weighted by molar-refractivity contribution is -0.359. The number of aliphatic hydroxyl groups is 8. The molecule has 2 fully saturated rings. The van der Waals surface area contributed by atoms with Crippen molar-refractivity contribution in [3.05, 3.63) is 146 Å². The Bertz CT molecular complexity index is 2040. The van der Waals surface area contributed by atoms with Crippen LogP contribution in [-0.4, -0.2) is 140 Å². The SMILES string of the molecule is CC/C=C\C/C=C\C/C=C\C/C=C\C/C=C\C/C=C\C/C=C\C/C=C\C/C=C\C/C=C\C/C=C\CCCCCCCCCC(=O)NC(COC1OC(CO)C(OC2OC(CO)C(O)C(O)C2O)C(O)C1O)C(O)/C=C/CCCCCCCCCCCCC. The number of hydrogen-bond acceptors (Lipinski definition) is 13. The van der Waals surface area contributed by atoms with Gasteiger partial charge in [-0.1, -0.05) is 256 Å². The molecule has 2 rings (SSSR count). The number of hydrogen-bond donors (Lipinski definition) is 9. The van der Waals surface area contributed by atoms with Gasteiger partial charge < -0.3 is 65.1 Å². The molecule has 2 aliphatic rings. The molecule has 0 saturated carbocycles. The van der Waals surface area contributed by atoms with E-state index in [1.807, 2.05) is 6.08 Å². The van der Waals surface area contributed by atoms with E-state index >= 15 is 0 Å². The van der Waals surface area contributed by atoms with Gasteiger partial charge in [0.1, 0.15) is 48.8 Å². The minimum Gasteiger partial charge on any atom is -0.394 e. The zero-order valence-corrected chi connectivity index (χ0v) is 54.2. The van der Waals surface area contributed by atoms with Crippen LogP contribution in [0.15, 0.2) is 146 Å². The maximum absolute atomic E-state index is 13.3. The quantitative estimate of drug-likeness (QED) is 0.0204. The van der Waals surface area contributed by atoms with Crippen molar-refractivity contribution in [1.82, 2.24) is 5.32 Å². The lowest BCUT2D eigenvalue weighted by Crippen LogP contribution is -2.65. The Morgan fingerprint density at radius 3 is 1.20 bits per heavy atom. The molecular formula is C74H121NO13.